The van der Waals surface area contributed by atoms with Crippen molar-refractivity contribution in [2.75, 3.05) is 13.7 Å². The maximum atomic E-state index is 13.2. The number of pyridine rings is 1. The van der Waals surface area contributed by atoms with Crippen molar-refractivity contribution >= 4 is 16.0 Å². The fraction of sp³-hybridized carbons (Fsp3) is 0.200. The van der Waals surface area contributed by atoms with Gasteiger partial charge < -0.3 is 4.74 Å². The Labute approximate surface area is 224 Å². The molecule has 0 saturated heterocycles. The minimum atomic E-state index is -3.71. The van der Waals surface area contributed by atoms with Crippen LogP contribution in [0.4, 0.5) is 0 Å². The zero-order valence-electron chi connectivity index (χ0n) is 21.2. The summed E-state index contributed by atoms with van der Waals surface area (Å²) in [6.45, 7) is 1.87. The summed E-state index contributed by atoms with van der Waals surface area (Å²) in [5.41, 5.74) is 3.48. The van der Waals surface area contributed by atoms with E-state index in [9.17, 15) is 13.2 Å². The van der Waals surface area contributed by atoms with Crippen LogP contribution in [0, 0.1) is 0 Å². The van der Waals surface area contributed by atoms with E-state index in [0.29, 0.717) is 31.6 Å². The molecule has 1 N–H and O–H groups in total. The van der Waals surface area contributed by atoms with Gasteiger partial charge in [0.15, 0.2) is 0 Å². The molecule has 7 nitrogen and oxygen atoms in total. The molecule has 0 aliphatic carbocycles. The first-order chi connectivity index (χ1) is 18.4. The molecule has 1 heterocycles. The highest BCUT2D eigenvalue weighted by atomic mass is 32.2. The second kappa shape index (κ2) is 13.1. The van der Waals surface area contributed by atoms with E-state index in [1.807, 2.05) is 60.8 Å². The number of carbonyl (C=O) groups is 1. The van der Waals surface area contributed by atoms with Crippen LogP contribution < -0.4 is 4.72 Å². The van der Waals surface area contributed by atoms with E-state index in [0.717, 1.165) is 16.7 Å². The van der Waals surface area contributed by atoms with Gasteiger partial charge in [-0.3, -0.25) is 9.88 Å². The van der Waals surface area contributed by atoms with Gasteiger partial charge in [-0.1, -0.05) is 66.7 Å². The molecule has 0 radical (unpaired) electrons. The third-order valence-corrected chi connectivity index (χ3v) is 7.68. The van der Waals surface area contributed by atoms with E-state index in [-0.39, 0.29) is 10.9 Å². The van der Waals surface area contributed by atoms with Crippen LogP contribution in [0.2, 0.25) is 0 Å². The van der Waals surface area contributed by atoms with Gasteiger partial charge in [-0.05, 0) is 53.4 Å². The Kier molecular flexibility index (Phi) is 9.37. The van der Waals surface area contributed by atoms with Gasteiger partial charge in [-0.25, -0.2) is 17.9 Å². The number of benzene rings is 3. The van der Waals surface area contributed by atoms with Crippen molar-refractivity contribution in [3.8, 4) is 0 Å². The number of esters is 1. The van der Waals surface area contributed by atoms with Crippen molar-refractivity contribution in [3.63, 3.8) is 0 Å². The van der Waals surface area contributed by atoms with Crippen LogP contribution in [0.15, 0.2) is 114 Å². The molecule has 196 valence electrons. The van der Waals surface area contributed by atoms with Gasteiger partial charge in [0.25, 0.3) is 0 Å². The van der Waals surface area contributed by atoms with E-state index in [4.69, 9.17) is 4.74 Å². The molecule has 0 amide bonds. The minimum Gasteiger partial charge on any atom is -0.465 e. The molecule has 1 unspecified atom stereocenters. The van der Waals surface area contributed by atoms with Gasteiger partial charge in [0.2, 0.25) is 10.0 Å². The van der Waals surface area contributed by atoms with E-state index >= 15 is 0 Å². The Morgan fingerprint density at radius 3 is 2.16 bits per heavy atom. The number of hydrogen-bond donors (Lipinski definition) is 1. The molecule has 0 aliphatic rings. The van der Waals surface area contributed by atoms with Crippen LogP contribution in [0.1, 0.15) is 39.5 Å². The molecule has 4 rings (SSSR count). The minimum absolute atomic E-state index is 0.235. The molecule has 0 bridgehead atoms. The first-order valence-corrected chi connectivity index (χ1v) is 13.8. The lowest BCUT2D eigenvalue weighted by Gasteiger charge is -2.26. The summed E-state index contributed by atoms with van der Waals surface area (Å²) in [6.07, 6.45) is 4.12. The highest BCUT2D eigenvalue weighted by molar-refractivity contribution is 7.89. The molecule has 0 aliphatic heterocycles. The summed E-state index contributed by atoms with van der Waals surface area (Å²) >= 11 is 0. The van der Waals surface area contributed by atoms with Gasteiger partial charge in [-0.2, -0.15) is 0 Å². The van der Waals surface area contributed by atoms with Crippen molar-refractivity contribution in [1.82, 2.24) is 14.6 Å². The first kappa shape index (κ1) is 27.2. The Morgan fingerprint density at radius 2 is 1.53 bits per heavy atom. The molecule has 0 saturated carbocycles. The van der Waals surface area contributed by atoms with Crippen LogP contribution in [0.3, 0.4) is 0 Å². The Hall–Kier alpha value is -3.85. The van der Waals surface area contributed by atoms with Gasteiger partial charge in [0, 0.05) is 38.1 Å². The van der Waals surface area contributed by atoms with Crippen molar-refractivity contribution < 1.29 is 17.9 Å². The summed E-state index contributed by atoms with van der Waals surface area (Å²) in [4.78, 5) is 18.5. The van der Waals surface area contributed by atoms with Crippen LogP contribution >= 0.6 is 0 Å². The smallest absolute Gasteiger partial charge is 0.337 e. The van der Waals surface area contributed by atoms with Crippen LogP contribution in [-0.2, 0) is 27.8 Å². The molecule has 0 fully saturated rings. The van der Waals surface area contributed by atoms with Gasteiger partial charge in [-0.15, -0.1) is 0 Å². The van der Waals surface area contributed by atoms with Crippen molar-refractivity contribution in [1.29, 1.82) is 0 Å². The third kappa shape index (κ3) is 7.58. The van der Waals surface area contributed by atoms with E-state index < -0.39 is 16.1 Å². The van der Waals surface area contributed by atoms with E-state index in [1.54, 1.807) is 48.7 Å². The molecule has 38 heavy (non-hydrogen) atoms. The number of rotatable bonds is 12. The fourth-order valence-corrected chi connectivity index (χ4v) is 5.51. The number of methoxy groups -OCH3 is 1. The fourth-order valence-electron chi connectivity index (χ4n) is 4.23. The monoisotopic (exact) mass is 529 g/mol. The summed E-state index contributed by atoms with van der Waals surface area (Å²) in [7, 11) is -2.35. The van der Waals surface area contributed by atoms with E-state index in [2.05, 4.69) is 14.6 Å². The molecule has 3 aromatic carbocycles. The highest BCUT2D eigenvalue weighted by Gasteiger charge is 2.22. The Balaban J connectivity index is 1.54. The lowest BCUT2D eigenvalue weighted by atomic mass is 10.0. The summed E-state index contributed by atoms with van der Waals surface area (Å²) in [5, 5.41) is 0. The number of carbonyl (C=O) groups excluding carboxylic acids is 1. The molecule has 0 spiro atoms. The number of ether oxygens (including phenoxy) is 1. The lowest BCUT2D eigenvalue weighted by molar-refractivity contribution is 0.0600. The number of aromatic nitrogens is 1. The zero-order chi connectivity index (χ0) is 26.8. The second-order valence-corrected chi connectivity index (χ2v) is 10.7. The predicted octanol–water partition coefficient (Wildman–Crippen LogP) is 4.98. The van der Waals surface area contributed by atoms with Crippen LogP contribution in [0.25, 0.3) is 0 Å². The number of sulfonamides is 1. The third-order valence-electron chi connectivity index (χ3n) is 6.20. The molecule has 8 heteroatoms. The van der Waals surface area contributed by atoms with Gasteiger partial charge >= 0.3 is 5.97 Å². The number of nitrogens with zero attached hydrogens (tertiary/aromatic N) is 2. The highest BCUT2D eigenvalue weighted by Crippen LogP contribution is 2.22. The lowest BCUT2D eigenvalue weighted by Crippen LogP contribution is -2.32. The summed E-state index contributed by atoms with van der Waals surface area (Å²) in [6, 6.07) is 28.9. The van der Waals surface area contributed by atoms with E-state index in [1.165, 1.54) is 7.11 Å². The first-order valence-electron chi connectivity index (χ1n) is 12.4. The molecule has 1 atom stereocenters. The average molecular weight is 530 g/mol. The standard InChI is InChI=1S/C30H31N3O4S/c1-37-30(34)27-16-14-24(15-17-27)22-33(23-25-9-8-19-31-21-25)20-18-29(26-10-4-2-5-11-26)32-38(35,36)28-12-6-3-7-13-28/h2-17,19,21,29,32H,18,20,22-23H2,1H3. The zero-order valence-corrected chi connectivity index (χ0v) is 22.1. The Morgan fingerprint density at radius 1 is 0.868 bits per heavy atom. The largest absolute Gasteiger partial charge is 0.465 e. The Bertz CT molecular complexity index is 1400. The van der Waals surface area contributed by atoms with Crippen LogP contribution in [0.5, 0.6) is 0 Å². The summed E-state index contributed by atoms with van der Waals surface area (Å²) < 4.78 is 34.1. The predicted molar refractivity (Wildman–Crippen MR) is 147 cm³/mol. The molecule has 1 aromatic heterocycles. The van der Waals surface area contributed by atoms with Gasteiger partial charge in [0.1, 0.15) is 0 Å². The number of hydrogen-bond acceptors (Lipinski definition) is 6. The molecular formula is C30H31N3O4S. The molecular weight excluding hydrogens is 498 g/mol. The normalized spacial score (nSPS) is 12.3. The van der Waals surface area contributed by atoms with Gasteiger partial charge in [0.05, 0.1) is 17.6 Å². The topological polar surface area (TPSA) is 88.6 Å². The van der Waals surface area contributed by atoms with Crippen molar-refractivity contribution in [3.05, 3.63) is 132 Å². The number of nitrogens with one attached hydrogen (secondary N) is 1. The quantitative estimate of drug-likeness (QED) is 0.261. The van der Waals surface area contributed by atoms with Crippen LogP contribution in [-0.4, -0.2) is 37.9 Å². The van der Waals surface area contributed by atoms with Crippen molar-refractivity contribution in [2.45, 2.75) is 30.4 Å². The van der Waals surface area contributed by atoms with Crippen molar-refractivity contribution in [2.24, 2.45) is 0 Å². The second-order valence-electron chi connectivity index (χ2n) is 8.95. The average Bonchev–Trinajstić information content (AvgIpc) is 2.96. The maximum Gasteiger partial charge on any atom is 0.337 e. The SMILES string of the molecule is COC(=O)c1ccc(CN(CCC(NS(=O)(=O)c2ccccc2)c2ccccc2)Cc2cccnc2)cc1. The maximum absolute atomic E-state index is 13.2. The molecule has 4 aromatic rings. The summed E-state index contributed by atoms with van der Waals surface area (Å²) in [5.74, 6) is -0.375.